The van der Waals surface area contributed by atoms with Crippen molar-refractivity contribution in [2.75, 3.05) is 33.9 Å². The zero-order valence-electron chi connectivity index (χ0n) is 22.3. The van der Waals surface area contributed by atoms with Gasteiger partial charge in [0.15, 0.2) is 11.5 Å². The normalized spacial score (nSPS) is 15.1. The SMILES string of the molecule is COc1ccc(CCN(CCCC(C#N)(c2ccc(CO)c(CO)c2)C(C)C)CC2CC2)cc1OC. The summed E-state index contributed by atoms with van der Waals surface area (Å²) in [6.07, 6.45) is 5.22. The molecule has 2 N–H and O–H groups in total. The van der Waals surface area contributed by atoms with E-state index in [1.54, 1.807) is 14.2 Å². The number of hydrogen-bond acceptors (Lipinski definition) is 6. The number of ether oxygens (including phenoxy) is 2. The summed E-state index contributed by atoms with van der Waals surface area (Å²) in [5, 5.41) is 29.7. The van der Waals surface area contributed by atoms with Crippen molar-refractivity contribution in [2.24, 2.45) is 11.8 Å². The van der Waals surface area contributed by atoms with E-state index < -0.39 is 5.41 Å². The molecule has 2 aromatic rings. The van der Waals surface area contributed by atoms with E-state index >= 15 is 0 Å². The van der Waals surface area contributed by atoms with E-state index in [2.05, 4.69) is 36.9 Å². The maximum absolute atomic E-state index is 10.4. The molecular formula is C30H42N2O4. The highest BCUT2D eigenvalue weighted by molar-refractivity contribution is 5.43. The quantitative estimate of drug-likeness (QED) is 0.368. The van der Waals surface area contributed by atoms with Crippen molar-refractivity contribution < 1.29 is 19.7 Å². The predicted octanol–water partition coefficient (Wildman–Crippen LogP) is 4.84. The molecule has 1 fully saturated rings. The summed E-state index contributed by atoms with van der Waals surface area (Å²) in [5.41, 5.74) is 2.93. The zero-order chi connectivity index (χ0) is 26.1. The molecule has 0 aromatic heterocycles. The van der Waals surface area contributed by atoms with E-state index in [0.717, 1.165) is 61.9 Å². The molecule has 0 saturated heterocycles. The largest absolute Gasteiger partial charge is 0.493 e. The molecule has 196 valence electrons. The minimum absolute atomic E-state index is 0.117. The van der Waals surface area contributed by atoms with E-state index in [0.29, 0.717) is 11.1 Å². The molecular weight excluding hydrogens is 452 g/mol. The van der Waals surface area contributed by atoms with E-state index in [-0.39, 0.29) is 19.1 Å². The first kappa shape index (κ1) is 28.0. The topological polar surface area (TPSA) is 86.0 Å². The van der Waals surface area contributed by atoms with Gasteiger partial charge in [0.25, 0.3) is 0 Å². The van der Waals surface area contributed by atoms with Crippen molar-refractivity contribution in [1.29, 1.82) is 5.26 Å². The number of methoxy groups -OCH3 is 2. The van der Waals surface area contributed by atoms with E-state index in [4.69, 9.17) is 9.47 Å². The Bertz CT molecular complexity index is 1030. The summed E-state index contributed by atoms with van der Waals surface area (Å²) < 4.78 is 10.8. The standard InChI is InChI=1S/C30H42N2O4/c1-22(2)30(21-31,27-10-9-25(19-33)26(17-27)20-34)13-5-14-32(18-24-6-7-24)15-12-23-8-11-28(35-3)29(16-23)36-4/h8-11,16-17,22,24,33-34H,5-7,12-15,18-20H2,1-4H3. The Morgan fingerprint density at radius 1 is 1.00 bits per heavy atom. The molecule has 1 aliphatic carbocycles. The van der Waals surface area contributed by atoms with Gasteiger partial charge < -0.3 is 24.6 Å². The Labute approximate surface area is 216 Å². The number of nitrogens with zero attached hydrogens (tertiary/aromatic N) is 2. The van der Waals surface area contributed by atoms with Crippen LogP contribution in [0.3, 0.4) is 0 Å². The molecule has 2 aromatic carbocycles. The van der Waals surface area contributed by atoms with Gasteiger partial charge in [-0.1, -0.05) is 38.1 Å². The maximum atomic E-state index is 10.4. The fourth-order valence-corrected chi connectivity index (χ4v) is 5.09. The Balaban J connectivity index is 1.69. The first-order valence-electron chi connectivity index (χ1n) is 13.1. The summed E-state index contributed by atoms with van der Waals surface area (Å²) in [6, 6.07) is 14.5. The molecule has 1 unspecified atom stereocenters. The Morgan fingerprint density at radius 2 is 1.72 bits per heavy atom. The summed E-state index contributed by atoms with van der Waals surface area (Å²) in [7, 11) is 3.32. The third-order valence-electron chi connectivity index (χ3n) is 7.67. The summed E-state index contributed by atoms with van der Waals surface area (Å²) >= 11 is 0. The molecule has 0 bridgehead atoms. The molecule has 6 heteroatoms. The van der Waals surface area contributed by atoms with Gasteiger partial charge in [-0.3, -0.25) is 0 Å². The van der Waals surface area contributed by atoms with Crippen LogP contribution in [0.15, 0.2) is 36.4 Å². The molecule has 0 heterocycles. The highest BCUT2D eigenvalue weighted by Gasteiger charge is 2.36. The van der Waals surface area contributed by atoms with Crippen molar-refractivity contribution in [1.82, 2.24) is 4.90 Å². The molecule has 1 aliphatic rings. The van der Waals surface area contributed by atoms with Crippen LogP contribution in [0.4, 0.5) is 0 Å². The second kappa shape index (κ2) is 13.1. The summed E-state index contributed by atoms with van der Waals surface area (Å²) in [4.78, 5) is 2.55. The molecule has 0 radical (unpaired) electrons. The van der Waals surface area contributed by atoms with Gasteiger partial charge in [-0.05, 0) is 84.9 Å². The summed E-state index contributed by atoms with van der Waals surface area (Å²) in [6.45, 7) is 6.95. The Hall–Kier alpha value is -2.59. The first-order chi connectivity index (χ1) is 17.4. The lowest BCUT2D eigenvalue weighted by Crippen LogP contribution is -2.34. The lowest BCUT2D eigenvalue weighted by Gasteiger charge is -2.33. The van der Waals surface area contributed by atoms with Gasteiger partial charge >= 0.3 is 0 Å². The first-order valence-corrected chi connectivity index (χ1v) is 13.1. The number of benzene rings is 2. The number of nitriles is 1. The minimum atomic E-state index is -0.632. The number of rotatable bonds is 15. The average Bonchev–Trinajstić information content (AvgIpc) is 3.73. The van der Waals surface area contributed by atoms with Crippen LogP contribution in [0.25, 0.3) is 0 Å². The van der Waals surface area contributed by atoms with Gasteiger partial charge in [0.2, 0.25) is 0 Å². The second-order valence-electron chi connectivity index (χ2n) is 10.3. The highest BCUT2D eigenvalue weighted by Crippen LogP contribution is 2.38. The fraction of sp³-hybridized carbons (Fsp3) is 0.567. The van der Waals surface area contributed by atoms with Gasteiger partial charge in [0.05, 0.1) is 38.9 Å². The van der Waals surface area contributed by atoms with E-state index in [1.165, 1.54) is 18.4 Å². The van der Waals surface area contributed by atoms with Gasteiger partial charge in [-0.2, -0.15) is 5.26 Å². The van der Waals surface area contributed by atoms with Crippen LogP contribution in [-0.4, -0.2) is 49.0 Å². The molecule has 3 rings (SSSR count). The molecule has 6 nitrogen and oxygen atoms in total. The third-order valence-corrected chi connectivity index (χ3v) is 7.67. The van der Waals surface area contributed by atoms with Crippen molar-refractivity contribution in [3.05, 3.63) is 58.7 Å². The Kier molecular flexibility index (Phi) is 10.2. The van der Waals surface area contributed by atoms with Gasteiger partial charge in [-0.25, -0.2) is 0 Å². The molecule has 0 spiro atoms. The monoisotopic (exact) mass is 494 g/mol. The zero-order valence-corrected chi connectivity index (χ0v) is 22.3. The number of aliphatic hydroxyl groups is 2. The van der Waals surface area contributed by atoms with Crippen LogP contribution < -0.4 is 9.47 Å². The van der Waals surface area contributed by atoms with Crippen LogP contribution >= 0.6 is 0 Å². The van der Waals surface area contributed by atoms with E-state index in [1.807, 2.05) is 24.3 Å². The lowest BCUT2D eigenvalue weighted by molar-refractivity contribution is 0.244. The molecule has 1 atom stereocenters. The smallest absolute Gasteiger partial charge is 0.160 e. The fourth-order valence-electron chi connectivity index (χ4n) is 5.09. The van der Waals surface area contributed by atoms with Crippen LogP contribution in [0.2, 0.25) is 0 Å². The van der Waals surface area contributed by atoms with Gasteiger partial charge in [-0.15, -0.1) is 0 Å². The van der Waals surface area contributed by atoms with E-state index in [9.17, 15) is 15.5 Å². The van der Waals surface area contributed by atoms with Crippen LogP contribution in [0.1, 0.15) is 61.8 Å². The van der Waals surface area contributed by atoms with Gasteiger partial charge in [0.1, 0.15) is 0 Å². The van der Waals surface area contributed by atoms with Crippen LogP contribution in [-0.2, 0) is 25.0 Å². The number of aliphatic hydroxyl groups excluding tert-OH is 2. The van der Waals surface area contributed by atoms with Crippen LogP contribution in [0, 0.1) is 23.2 Å². The van der Waals surface area contributed by atoms with Crippen molar-refractivity contribution >= 4 is 0 Å². The van der Waals surface area contributed by atoms with Crippen molar-refractivity contribution in [2.45, 2.75) is 64.6 Å². The number of hydrogen-bond donors (Lipinski definition) is 2. The highest BCUT2D eigenvalue weighted by atomic mass is 16.5. The second-order valence-corrected chi connectivity index (χ2v) is 10.3. The van der Waals surface area contributed by atoms with Crippen molar-refractivity contribution in [3.63, 3.8) is 0 Å². The van der Waals surface area contributed by atoms with Crippen LogP contribution in [0.5, 0.6) is 11.5 Å². The molecule has 36 heavy (non-hydrogen) atoms. The average molecular weight is 495 g/mol. The predicted molar refractivity (Wildman–Crippen MR) is 142 cm³/mol. The molecule has 0 amide bonds. The van der Waals surface area contributed by atoms with Gasteiger partial charge in [0, 0.05) is 13.1 Å². The minimum Gasteiger partial charge on any atom is -0.493 e. The maximum Gasteiger partial charge on any atom is 0.160 e. The third kappa shape index (κ3) is 6.79. The molecule has 0 aliphatic heterocycles. The Morgan fingerprint density at radius 3 is 2.31 bits per heavy atom. The van der Waals surface area contributed by atoms with Crippen molar-refractivity contribution in [3.8, 4) is 17.6 Å². The molecule has 1 saturated carbocycles. The summed E-state index contributed by atoms with van der Waals surface area (Å²) in [5.74, 6) is 2.42. The lowest BCUT2D eigenvalue weighted by atomic mass is 9.69.